The lowest BCUT2D eigenvalue weighted by Gasteiger charge is -2.36. The first kappa shape index (κ1) is 27.6. The highest BCUT2D eigenvalue weighted by Gasteiger charge is 2.36. The minimum atomic E-state index is -0.684. The lowest BCUT2D eigenvalue weighted by Crippen LogP contribution is -2.45. The highest BCUT2D eigenvalue weighted by Crippen LogP contribution is 2.46. The summed E-state index contributed by atoms with van der Waals surface area (Å²) in [4.78, 5) is 20.8. The Labute approximate surface area is 259 Å². The molecule has 0 unspecified atom stereocenters. The molecule has 5 aromatic rings. The van der Waals surface area contributed by atoms with Gasteiger partial charge in [0.2, 0.25) is 0 Å². The number of aryl methyl sites for hydroxylation is 1. The number of aliphatic hydroxyl groups is 1. The number of halogens is 1. The van der Waals surface area contributed by atoms with Gasteiger partial charge in [0.05, 0.1) is 28.5 Å². The van der Waals surface area contributed by atoms with Crippen molar-refractivity contribution in [3.8, 4) is 28.6 Å². The lowest BCUT2D eigenvalue weighted by atomic mass is 9.80. The van der Waals surface area contributed by atoms with Crippen LogP contribution in [-0.2, 0) is 13.6 Å². The molecule has 0 spiro atoms. The first-order chi connectivity index (χ1) is 21.8. The maximum Gasteiger partial charge on any atom is 0.264 e. The van der Waals surface area contributed by atoms with Crippen molar-refractivity contribution >= 4 is 28.2 Å². The molecular formula is C35H30FN7O2. The topological polar surface area (TPSA) is 120 Å². The normalized spacial score (nSPS) is 16.7. The number of hydrogen-bond acceptors (Lipinski definition) is 7. The second-order valence-electron chi connectivity index (χ2n) is 12.5. The van der Waals surface area contributed by atoms with Gasteiger partial charge in [-0.15, -0.1) is 10.2 Å². The Balaban J connectivity index is 1.22. The second kappa shape index (κ2) is 10.3. The summed E-state index contributed by atoms with van der Waals surface area (Å²) in [5.41, 5.74) is 4.92. The molecule has 0 saturated heterocycles. The van der Waals surface area contributed by atoms with E-state index < -0.39 is 11.4 Å². The van der Waals surface area contributed by atoms with Crippen molar-refractivity contribution in [2.45, 2.75) is 50.2 Å². The highest BCUT2D eigenvalue weighted by molar-refractivity contribution is 6.27. The van der Waals surface area contributed by atoms with E-state index >= 15 is 4.39 Å². The zero-order valence-electron chi connectivity index (χ0n) is 24.7. The lowest BCUT2D eigenvalue weighted by molar-refractivity contribution is -0.0314. The molecule has 0 radical (unpaired) electrons. The van der Waals surface area contributed by atoms with Gasteiger partial charge in [-0.25, -0.2) is 9.37 Å². The molecule has 2 aliphatic carbocycles. The number of benzene rings is 3. The summed E-state index contributed by atoms with van der Waals surface area (Å²) in [5, 5.41) is 32.7. The van der Waals surface area contributed by atoms with E-state index in [1.165, 1.54) is 6.07 Å². The van der Waals surface area contributed by atoms with Crippen LogP contribution in [0.4, 0.5) is 15.9 Å². The van der Waals surface area contributed by atoms with Gasteiger partial charge >= 0.3 is 0 Å². The molecule has 2 aromatic heterocycles. The van der Waals surface area contributed by atoms with Crippen LogP contribution in [0.2, 0.25) is 0 Å². The predicted molar refractivity (Wildman–Crippen MR) is 167 cm³/mol. The van der Waals surface area contributed by atoms with E-state index in [-0.39, 0.29) is 11.8 Å². The Morgan fingerprint density at radius 2 is 1.93 bits per heavy atom. The molecule has 3 aliphatic rings. The molecule has 9 nitrogen and oxygen atoms in total. The zero-order chi connectivity index (χ0) is 30.9. The third-order valence-electron chi connectivity index (χ3n) is 9.31. The van der Waals surface area contributed by atoms with Crippen LogP contribution in [-0.4, -0.2) is 42.9 Å². The molecule has 3 heterocycles. The molecule has 1 amide bonds. The molecule has 8 rings (SSSR count). The fourth-order valence-electron chi connectivity index (χ4n) is 6.58. The van der Waals surface area contributed by atoms with Crippen molar-refractivity contribution in [2.24, 2.45) is 7.05 Å². The number of nitrogens with one attached hydrogen (secondary N) is 1. The van der Waals surface area contributed by atoms with Crippen LogP contribution in [0.5, 0.6) is 0 Å². The summed E-state index contributed by atoms with van der Waals surface area (Å²) in [6.07, 6.45) is 6.20. The zero-order valence-corrected chi connectivity index (χ0v) is 24.7. The molecule has 2 N–H and O–H groups in total. The molecule has 2 fully saturated rings. The van der Waals surface area contributed by atoms with Gasteiger partial charge in [-0.05, 0) is 97.3 Å². The maximum absolute atomic E-state index is 15.3. The van der Waals surface area contributed by atoms with E-state index in [0.29, 0.717) is 52.3 Å². The van der Waals surface area contributed by atoms with Gasteiger partial charge in [-0.3, -0.25) is 9.69 Å². The van der Waals surface area contributed by atoms with Crippen LogP contribution in [0.1, 0.15) is 65.2 Å². The minimum Gasteiger partial charge on any atom is -0.389 e. The number of pyridine rings is 1. The average Bonchev–Trinajstić information content (AvgIpc) is 3.74. The number of rotatable bonds is 8. The summed E-state index contributed by atoms with van der Waals surface area (Å²) < 4.78 is 17.1. The number of anilines is 2. The van der Waals surface area contributed by atoms with Gasteiger partial charge < -0.3 is 15.0 Å². The Morgan fingerprint density at radius 1 is 1.09 bits per heavy atom. The van der Waals surface area contributed by atoms with Gasteiger partial charge in [0.1, 0.15) is 18.0 Å². The van der Waals surface area contributed by atoms with Crippen molar-refractivity contribution < 1.29 is 14.3 Å². The summed E-state index contributed by atoms with van der Waals surface area (Å²) in [5.74, 6) is 0.708. The summed E-state index contributed by atoms with van der Waals surface area (Å²) in [6.45, 7) is 0.862. The molecule has 2 saturated carbocycles. The Morgan fingerprint density at radius 3 is 2.64 bits per heavy atom. The fraction of sp³-hybridized carbons (Fsp3) is 0.286. The monoisotopic (exact) mass is 599 g/mol. The van der Waals surface area contributed by atoms with Gasteiger partial charge in [-0.1, -0.05) is 6.07 Å². The Kier molecular flexibility index (Phi) is 6.31. The van der Waals surface area contributed by atoms with Crippen molar-refractivity contribution in [3.63, 3.8) is 0 Å². The molecule has 224 valence electrons. The van der Waals surface area contributed by atoms with Crippen molar-refractivity contribution in [2.75, 3.05) is 11.4 Å². The molecular weight excluding hydrogens is 569 g/mol. The van der Waals surface area contributed by atoms with Crippen LogP contribution in [0, 0.1) is 17.1 Å². The smallest absolute Gasteiger partial charge is 0.264 e. The summed E-state index contributed by atoms with van der Waals surface area (Å²) in [7, 11) is 1.85. The van der Waals surface area contributed by atoms with E-state index in [4.69, 9.17) is 4.98 Å². The number of aromatic nitrogens is 4. The third-order valence-corrected chi connectivity index (χ3v) is 9.31. The van der Waals surface area contributed by atoms with Crippen LogP contribution < -0.4 is 10.2 Å². The van der Waals surface area contributed by atoms with Crippen molar-refractivity contribution in [3.05, 3.63) is 89.1 Å². The van der Waals surface area contributed by atoms with E-state index in [1.807, 2.05) is 25.2 Å². The molecule has 1 aliphatic heterocycles. The van der Waals surface area contributed by atoms with E-state index in [2.05, 4.69) is 27.6 Å². The minimum absolute atomic E-state index is 0.264. The van der Waals surface area contributed by atoms with Crippen LogP contribution in [0.3, 0.4) is 0 Å². The van der Waals surface area contributed by atoms with Crippen LogP contribution >= 0.6 is 0 Å². The molecule has 10 heteroatoms. The summed E-state index contributed by atoms with van der Waals surface area (Å²) in [6, 6.07) is 18.3. The van der Waals surface area contributed by atoms with Gasteiger partial charge in [0.25, 0.3) is 5.91 Å². The Bertz CT molecular complexity index is 2070. The number of amides is 1. The second-order valence-corrected chi connectivity index (χ2v) is 12.5. The van der Waals surface area contributed by atoms with Crippen molar-refractivity contribution in [1.82, 2.24) is 25.1 Å². The maximum atomic E-state index is 15.3. The predicted octanol–water partition coefficient (Wildman–Crippen LogP) is 5.88. The number of nitriles is 1. The van der Waals surface area contributed by atoms with E-state index in [0.717, 1.165) is 60.1 Å². The standard InChI is InChI=1S/C35H30FN7O2/c1-42-19-39-41-33(42)25-11-20(16-37)3-6-24(25)23-14-29(22-4-5-22)40-31(15-23)43-30-8-7-28(36)26-12-21(13-27(32(26)30)34(43)44)17-38-18-35(45)9-2-10-35/h3,6-8,11-15,19,22,38,45H,2,4-5,9-10,17-18H2,1H3. The van der Waals surface area contributed by atoms with E-state index in [9.17, 15) is 15.2 Å². The van der Waals surface area contributed by atoms with Gasteiger partial charge in [-0.2, -0.15) is 5.26 Å². The van der Waals surface area contributed by atoms with Gasteiger partial charge in [0, 0.05) is 48.1 Å². The average molecular weight is 600 g/mol. The first-order valence-electron chi connectivity index (χ1n) is 15.3. The number of hydrogen-bond donors (Lipinski definition) is 2. The molecule has 45 heavy (non-hydrogen) atoms. The number of nitrogens with zero attached hydrogens (tertiary/aromatic N) is 6. The number of carbonyl (C=O) groups is 1. The Hall–Kier alpha value is -4.98. The molecule has 0 atom stereocenters. The SMILES string of the molecule is Cn1cnnc1-c1cc(C#N)ccc1-c1cc(C2CC2)nc(N2C(=O)c3cc(CNCC4(O)CCC4)cc4c(F)ccc2c34)c1. The number of carbonyl (C=O) groups excluding carboxylic acids is 1. The third kappa shape index (κ3) is 4.67. The van der Waals surface area contributed by atoms with Crippen LogP contribution in [0.15, 0.2) is 60.9 Å². The van der Waals surface area contributed by atoms with Gasteiger partial charge in [0.15, 0.2) is 5.82 Å². The largest absolute Gasteiger partial charge is 0.389 e. The van der Waals surface area contributed by atoms with Crippen LogP contribution in [0.25, 0.3) is 33.3 Å². The van der Waals surface area contributed by atoms with E-state index in [1.54, 1.807) is 40.1 Å². The summed E-state index contributed by atoms with van der Waals surface area (Å²) >= 11 is 0. The fourth-order valence-corrected chi connectivity index (χ4v) is 6.58. The van der Waals surface area contributed by atoms with Crippen molar-refractivity contribution in [1.29, 1.82) is 5.26 Å². The first-order valence-corrected chi connectivity index (χ1v) is 15.3. The highest BCUT2D eigenvalue weighted by atomic mass is 19.1. The quantitative estimate of drug-likeness (QED) is 0.229. The molecule has 0 bridgehead atoms. The molecule has 3 aromatic carbocycles.